The van der Waals surface area contributed by atoms with Crippen molar-refractivity contribution < 1.29 is 9.53 Å². The number of nitrogens with zero attached hydrogens (tertiary/aromatic N) is 1. The molecule has 0 spiro atoms. The zero-order valence-electron chi connectivity index (χ0n) is 9.60. The highest BCUT2D eigenvalue weighted by Crippen LogP contribution is 2.17. The van der Waals surface area contributed by atoms with Crippen molar-refractivity contribution in [1.29, 1.82) is 5.26 Å². The first-order valence-corrected chi connectivity index (χ1v) is 6.54. The molecule has 0 aliphatic rings. The van der Waals surface area contributed by atoms with Gasteiger partial charge in [-0.15, -0.1) is 0 Å². The van der Waals surface area contributed by atoms with Crippen molar-refractivity contribution in [3.63, 3.8) is 0 Å². The summed E-state index contributed by atoms with van der Waals surface area (Å²) in [6.07, 6.45) is 2.45. The number of hydrogen-bond acceptors (Lipinski definition) is 4. The van der Waals surface area contributed by atoms with Crippen molar-refractivity contribution in [2.24, 2.45) is 0 Å². The Bertz CT molecular complexity index is 415. The Balaban J connectivity index is 2.53. The fourth-order valence-corrected chi connectivity index (χ4v) is 1.59. The third-order valence-corrected chi connectivity index (χ3v) is 2.57. The largest absolute Gasteiger partial charge is 0.479 e. The third-order valence-electron chi connectivity index (χ3n) is 1.95. The molecule has 5 heteroatoms. The van der Waals surface area contributed by atoms with Crippen LogP contribution in [0.2, 0.25) is 0 Å². The zero-order valence-corrected chi connectivity index (χ0v) is 10.4. The van der Waals surface area contributed by atoms with Gasteiger partial charge < -0.3 is 10.1 Å². The van der Waals surface area contributed by atoms with Crippen LogP contribution in [0.15, 0.2) is 24.3 Å². The molecule has 0 atom stereocenters. The summed E-state index contributed by atoms with van der Waals surface area (Å²) in [6.45, 7) is 0.00384. The van der Waals surface area contributed by atoms with Crippen LogP contribution in [-0.2, 0) is 4.79 Å². The van der Waals surface area contributed by atoms with Crippen LogP contribution >= 0.6 is 11.8 Å². The van der Waals surface area contributed by atoms with E-state index in [2.05, 4.69) is 5.32 Å². The van der Waals surface area contributed by atoms with Gasteiger partial charge in [-0.2, -0.15) is 17.0 Å². The molecule has 17 heavy (non-hydrogen) atoms. The molecule has 1 amide bonds. The quantitative estimate of drug-likeness (QED) is 0.841. The van der Waals surface area contributed by atoms with Crippen molar-refractivity contribution in [2.75, 3.05) is 23.9 Å². The Kier molecular flexibility index (Phi) is 5.97. The number of anilines is 1. The normalized spacial score (nSPS) is 9.41. The number of carbonyl (C=O) groups excluding carboxylic acids is 1. The van der Waals surface area contributed by atoms with Crippen molar-refractivity contribution >= 4 is 23.4 Å². The van der Waals surface area contributed by atoms with E-state index in [0.717, 1.165) is 5.75 Å². The van der Waals surface area contributed by atoms with E-state index in [0.29, 0.717) is 17.9 Å². The maximum absolute atomic E-state index is 11.5. The Morgan fingerprint density at radius 3 is 3.12 bits per heavy atom. The lowest BCUT2D eigenvalue weighted by molar-refractivity contribution is -0.115. The highest BCUT2D eigenvalue weighted by molar-refractivity contribution is 7.98. The number of rotatable bonds is 6. The van der Waals surface area contributed by atoms with E-state index in [-0.39, 0.29) is 12.5 Å². The van der Waals surface area contributed by atoms with Crippen molar-refractivity contribution in [3.05, 3.63) is 24.3 Å². The van der Waals surface area contributed by atoms with Crippen LogP contribution in [-0.4, -0.2) is 24.5 Å². The molecule has 0 unspecified atom stereocenters. The van der Waals surface area contributed by atoms with Crippen LogP contribution in [0.4, 0.5) is 5.69 Å². The summed E-state index contributed by atoms with van der Waals surface area (Å²) in [5, 5.41) is 11.2. The number of nitrogens with one attached hydrogen (secondary N) is 1. The van der Waals surface area contributed by atoms with Crippen molar-refractivity contribution in [3.8, 4) is 11.8 Å². The second-order valence-electron chi connectivity index (χ2n) is 3.27. The standard InChI is InChI=1S/C12H14N2O2S/c1-17-8-5-12(15)14-10-3-2-4-11(9-10)16-7-6-13/h2-4,9H,5,7-8H2,1H3,(H,14,15). The minimum Gasteiger partial charge on any atom is -0.479 e. The molecular weight excluding hydrogens is 236 g/mol. The summed E-state index contributed by atoms with van der Waals surface area (Å²) in [4.78, 5) is 11.5. The summed E-state index contributed by atoms with van der Waals surface area (Å²) in [5.41, 5.74) is 0.687. The summed E-state index contributed by atoms with van der Waals surface area (Å²) >= 11 is 1.63. The average Bonchev–Trinajstić information content (AvgIpc) is 2.34. The molecule has 90 valence electrons. The first-order chi connectivity index (χ1) is 8.26. The van der Waals surface area contributed by atoms with Crippen molar-refractivity contribution in [1.82, 2.24) is 0 Å². The molecule has 4 nitrogen and oxygen atoms in total. The van der Waals surface area contributed by atoms with Gasteiger partial charge in [-0.1, -0.05) is 6.07 Å². The Morgan fingerprint density at radius 2 is 2.41 bits per heavy atom. The van der Waals surface area contributed by atoms with Gasteiger partial charge in [0.15, 0.2) is 6.61 Å². The molecular formula is C12H14N2O2S. The van der Waals surface area contributed by atoms with Gasteiger partial charge in [-0.05, 0) is 18.4 Å². The average molecular weight is 250 g/mol. The molecule has 0 radical (unpaired) electrons. The van der Waals surface area contributed by atoms with Gasteiger partial charge in [-0.25, -0.2) is 0 Å². The van der Waals surface area contributed by atoms with E-state index in [4.69, 9.17) is 10.00 Å². The maximum atomic E-state index is 11.5. The number of ether oxygens (including phenoxy) is 1. The van der Waals surface area contributed by atoms with Crippen LogP contribution in [0.1, 0.15) is 6.42 Å². The summed E-state index contributed by atoms with van der Waals surface area (Å²) < 4.78 is 5.14. The molecule has 0 aliphatic heterocycles. The number of benzene rings is 1. The van der Waals surface area contributed by atoms with Gasteiger partial charge in [0.1, 0.15) is 11.8 Å². The van der Waals surface area contributed by atoms with E-state index in [9.17, 15) is 4.79 Å². The zero-order chi connectivity index (χ0) is 12.5. The number of hydrogen-bond donors (Lipinski definition) is 1. The molecule has 0 saturated heterocycles. The second kappa shape index (κ2) is 7.58. The molecule has 0 aliphatic carbocycles. The van der Waals surface area contributed by atoms with Gasteiger partial charge in [-0.3, -0.25) is 4.79 Å². The molecule has 0 aromatic heterocycles. The van der Waals surface area contributed by atoms with Gasteiger partial charge in [0.2, 0.25) is 5.91 Å². The van der Waals surface area contributed by atoms with Crippen LogP contribution in [0.3, 0.4) is 0 Å². The number of amides is 1. The van der Waals surface area contributed by atoms with E-state index in [1.165, 1.54) is 0 Å². The highest BCUT2D eigenvalue weighted by atomic mass is 32.2. The lowest BCUT2D eigenvalue weighted by Crippen LogP contribution is -2.12. The Labute approximate surface area is 105 Å². The number of nitriles is 1. The number of thioether (sulfide) groups is 1. The molecule has 0 fully saturated rings. The van der Waals surface area contributed by atoms with Gasteiger partial charge >= 0.3 is 0 Å². The molecule has 1 aromatic carbocycles. The molecule has 0 saturated carbocycles. The first-order valence-electron chi connectivity index (χ1n) is 5.15. The minimum absolute atomic E-state index is 0.00384. The van der Waals surface area contributed by atoms with Crippen LogP contribution in [0, 0.1) is 11.3 Å². The minimum atomic E-state index is -0.0169. The van der Waals surface area contributed by atoms with Crippen LogP contribution in [0.25, 0.3) is 0 Å². The highest BCUT2D eigenvalue weighted by Gasteiger charge is 2.02. The predicted molar refractivity (Wildman–Crippen MR) is 69.2 cm³/mol. The smallest absolute Gasteiger partial charge is 0.225 e. The maximum Gasteiger partial charge on any atom is 0.225 e. The SMILES string of the molecule is CSCCC(=O)Nc1cccc(OCC#N)c1. The topological polar surface area (TPSA) is 62.1 Å². The van der Waals surface area contributed by atoms with Crippen molar-refractivity contribution in [2.45, 2.75) is 6.42 Å². The summed E-state index contributed by atoms with van der Waals surface area (Å²) in [6, 6.07) is 8.90. The van der Waals surface area contributed by atoms with E-state index in [1.807, 2.05) is 12.3 Å². The lowest BCUT2D eigenvalue weighted by atomic mass is 10.3. The molecule has 0 heterocycles. The molecule has 1 rings (SSSR count). The molecule has 1 N–H and O–H groups in total. The summed E-state index contributed by atoms with van der Waals surface area (Å²) in [5.74, 6) is 1.36. The summed E-state index contributed by atoms with van der Waals surface area (Å²) in [7, 11) is 0. The molecule has 1 aromatic rings. The van der Waals surface area contributed by atoms with Gasteiger partial charge in [0.05, 0.1) is 0 Å². The van der Waals surface area contributed by atoms with E-state index < -0.39 is 0 Å². The number of carbonyl (C=O) groups is 1. The second-order valence-corrected chi connectivity index (χ2v) is 4.25. The lowest BCUT2D eigenvalue weighted by Gasteiger charge is -2.07. The molecule has 0 bridgehead atoms. The van der Waals surface area contributed by atoms with E-state index >= 15 is 0 Å². The van der Waals surface area contributed by atoms with Crippen LogP contribution < -0.4 is 10.1 Å². The van der Waals surface area contributed by atoms with Crippen LogP contribution in [0.5, 0.6) is 5.75 Å². The first kappa shape index (κ1) is 13.4. The van der Waals surface area contributed by atoms with Gasteiger partial charge in [0.25, 0.3) is 0 Å². The third kappa shape index (κ3) is 5.27. The Morgan fingerprint density at radius 1 is 1.59 bits per heavy atom. The monoisotopic (exact) mass is 250 g/mol. The fraction of sp³-hybridized carbons (Fsp3) is 0.333. The Hall–Kier alpha value is -1.67. The van der Waals surface area contributed by atoms with Gasteiger partial charge in [0, 0.05) is 23.9 Å². The predicted octanol–water partition coefficient (Wildman–Crippen LogP) is 2.28. The van der Waals surface area contributed by atoms with E-state index in [1.54, 1.807) is 36.0 Å². The fourth-order valence-electron chi connectivity index (χ4n) is 1.20.